The second kappa shape index (κ2) is 16.3. The van der Waals surface area contributed by atoms with Crippen molar-refractivity contribution in [3.05, 3.63) is 236 Å². The minimum atomic E-state index is 0.620. The van der Waals surface area contributed by atoms with E-state index in [1.165, 1.54) is 49.4 Å². The third kappa shape index (κ3) is 7.58. The van der Waals surface area contributed by atoms with Crippen LogP contribution in [0.25, 0.3) is 111 Å². The van der Waals surface area contributed by atoms with Gasteiger partial charge in [-0.2, -0.15) is 0 Å². The van der Waals surface area contributed by atoms with Crippen LogP contribution in [-0.2, 0) is 0 Å². The molecule has 296 valence electrons. The lowest BCUT2D eigenvalue weighted by Crippen LogP contribution is -2.00. The van der Waals surface area contributed by atoms with E-state index in [2.05, 4.69) is 231 Å². The number of aryl methyl sites for hydroxylation is 1. The Hall–Kier alpha value is -8.27. The Kier molecular flexibility index (Phi) is 9.76. The third-order valence-corrected chi connectivity index (χ3v) is 12.0. The lowest BCUT2D eigenvalue weighted by Gasteiger charge is -2.13. The first kappa shape index (κ1) is 37.7. The first-order chi connectivity index (χ1) is 31.1. The van der Waals surface area contributed by atoms with E-state index in [4.69, 9.17) is 15.0 Å². The van der Waals surface area contributed by atoms with Gasteiger partial charge >= 0.3 is 0 Å². The lowest BCUT2D eigenvalue weighted by molar-refractivity contribution is 1.07. The van der Waals surface area contributed by atoms with Crippen molar-refractivity contribution in [1.29, 1.82) is 0 Å². The van der Waals surface area contributed by atoms with Crippen LogP contribution in [0.3, 0.4) is 0 Å². The molecule has 1 heterocycles. The molecule has 11 rings (SSSR count). The number of rotatable bonds is 8. The molecular formula is C60H41N3. The summed E-state index contributed by atoms with van der Waals surface area (Å²) in [4.78, 5) is 15.6. The van der Waals surface area contributed by atoms with Crippen molar-refractivity contribution in [3.63, 3.8) is 0 Å². The molecule has 11 aromatic rings. The number of hydrogen-bond acceptors (Lipinski definition) is 3. The van der Waals surface area contributed by atoms with Crippen LogP contribution >= 0.6 is 0 Å². The number of nitrogens with zero attached hydrogens (tertiary/aromatic N) is 3. The quantitative estimate of drug-likeness (QED) is 0.154. The van der Waals surface area contributed by atoms with E-state index in [1.807, 2.05) is 6.07 Å². The summed E-state index contributed by atoms with van der Waals surface area (Å²) in [5.74, 6) is 1.86. The van der Waals surface area contributed by atoms with Crippen LogP contribution in [-0.4, -0.2) is 15.0 Å². The normalized spacial score (nSPS) is 11.3. The number of benzene rings is 10. The molecule has 0 amide bonds. The molecule has 0 saturated carbocycles. The van der Waals surface area contributed by atoms with Gasteiger partial charge in [-0.3, -0.25) is 0 Å². The average Bonchev–Trinajstić information content (AvgIpc) is 3.36. The van der Waals surface area contributed by atoms with E-state index in [-0.39, 0.29) is 0 Å². The van der Waals surface area contributed by atoms with Crippen molar-refractivity contribution in [1.82, 2.24) is 15.0 Å². The fraction of sp³-hybridized carbons (Fsp3) is 0.0167. The largest absolute Gasteiger partial charge is 0.208 e. The second-order valence-electron chi connectivity index (χ2n) is 16.1. The highest BCUT2D eigenvalue weighted by molar-refractivity contribution is 6.00. The minimum absolute atomic E-state index is 0.620. The van der Waals surface area contributed by atoms with Crippen molar-refractivity contribution < 1.29 is 0 Å². The highest BCUT2D eigenvalue weighted by atomic mass is 15.0. The fourth-order valence-corrected chi connectivity index (χ4v) is 8.77. The SMILES string of the molecule is Cc1cc(-c2cccc(-c3nc(-c4cccc(-c5ccccc5)c4)nc(-c4cccc(-c5cccc(-c6ccccc6)c5)c4)n3)c2)cc2ccc(-c3cccc4ccccc34)cc12. The summed E-state index contributed by atoms with van der Waals surface area (Å²) >= 11 is 0. The van der Waals surface area contributed by atoms with Gasteiger partial charge in [-0.15, -0.1) is 0 Å². The molecule has 0 atom stereocenters. The van der Waals surface area contributed by atoms with E-state index in [0.717, 1.165) is 50.1 Å². The van der Waals surface area contributed by atoms with E-state index < -0.39 is 0 Å². The van der Waals surface area contributed by atoms with Crippen LogP contribution in [0, 0.1) is 6.92 Å². The molecule has 0 fully saturated rings. The summed E-state index contributed by atoms with van der Waals surface area (Å²) in [5.41, 5.74) is 15.6. The van der Waals surface area contributed by atoms with Gasteiger partial charge in [0.15, 0.2) is 17.5 Å². The maximum atomic E-state index is 5.22. The lowest BCUT2D eigenvalue weighted by atomic mass is 9.92. The van der Waals surface area contributed by atoms with Crippen molar-refractivity contribution >= 4 is 21.5 Å². The number of fused-ring (bicyclic) bond motifs is 2. The zero-order valence-corrected chi connectivity index (χ0v) is 34.8. The number of aromatic nitrogens is 3. The van der Waals surface area contributed by atoms with Gasteiger partial charge in [0.2, 0.25) is 0 Å². The molecule has 63 heavy (non-hydrogen) atoms. The minimum Gasteiger partial charge on any atom is -0.208 e. The zero-order valence-electron chi connectivity index (χ0n) is 34.8. The predicted molar refractivity (Wildman–Crippen MR) is 263 cm³/mol. The van der Waals surface area contributed by atoms with Crippen molar-refractivity contribution in [2.75, 3.05) is 0 Å². The van der Waals surface area contributed by atoms with Gasteiger partial charge in [0, 0.05) is 16.7 Å². The van der Waals surface area contributed by atoms with Gasteiger partial charge < -0.3 is 0 Å². The highest BCUT2D eigenvalue weighted by Gasteiger charge is 2.16. The van der Waals surface area contributed by atoms with E-state index >= 15 is 0 Å². The Bertz CT molecular complexity index is 3460. The molecule has 0 bridgehead atoms. The Morgan fingerprint density at radius 2 is 0.651 bits per heavy atom. The summed E-state index contributed by atoms with van der Waals surface area (Å²) < 4.78 is 0. The Labute approximate surface area is 367 Å². The van der Waals surface area contributed by atoms with Crippen LogP contribution < -0.4 is 0 Å². The van der Waals surface area contributed by atoms with E-state index in [0.29, 0.717) is 17.5 Å². The summed E-state index contributed by atoms with van der Waals surface area (Å²) in [6.45, 7) is 2.21. The second-order valence-corrected chi connectivity index (χ2v) is 16.1. The topological polar surface area (TPSA) is 38.7 Å². The molecule has 0 aliphatic carbocycles. The molecule has 0 saturated heterocycles. The first-order valence-corrected chi connectivity index (χ1v) is 21.4. The van der Waals surface area contributed by atoms with Crippen molar-refractivity contribution in [2.24, 2.45) is 0 Å². The van der Waals surface area contributed by atoms with Gasteiger partial charge in [-0.05, 0) is 126 Å². The summed E-state index contributed by atoms with van der Waals surface area (Å²) in [6.07, 6.45) is 0. The maximum Gasteiger partial charge on any atom is 0.164 e. The molecule has 0 aliphatic heterocycles. The monoisotopic (exact) mass is 803 g/mol. The number of hydrogen-bond donors (Lipinski definition) is 0. The Morgan fingerprint density at radius 1 is 0.238 bits per heavy atom. The van der Waals surface area contributed by atoms with E-state index in [9.17, 15) is 0 Å². The molecule has 0 unspecified atom stereocenters. The average molecular weight is 804 g/mol. The third-order valence-electron chi connectivity index (χ3n) is 12.0. The van der Waals surface area contributed by atoms with Gasteiger partial charge in [0.1, 0.15) is 0 Å². The first-order valence-electron chi connectivity index (χ1n) is 21.4. The molecule has 0 aliphatic rings. The standard InChI is InChI=1S/C60H41N3/c1-40-33-54(38-49-31-32-50(39-57(40)49)56-30-14-20-43-19-8-9-29-55(43)56)48-25-13-28-53(37-48)60-62-58(51-26-11-22-45(35-51)42-17-6-3-7-18-42)61-59(63-60)52-27-12-24-47(36-52)46-23-10-21-44(34-46)41-15-4-2-5-16-41/h2-39H,1H3. The molecule has 0 spiro atoms. The van der Waals surface area contributed by atoms with Crippen LogP contribution in [0.2, 0.25) is 0 Å². The molecule has 0 N–H and O–H groups in total. The smallest absolute Gasteiger partial charge is 0.164 e. The highest BCUT2D eigenvalue weighted by Crippen LogP contribution is 2.36. The van der Waals surface area contributed by atoms with E-state index in [1.54, 1.807) is 0 Å². The van der Waals surface area contributed by atoms with Gasteiger partial charge in [0.25, 0.3) is 0 Å². The van der Waals surface area contributed by atoms with Crippen LogP contribution in [0.15, 0.2) is 231 Å². The van der Waals surface area contributed by atoms with Crippen LogP contribution in [0.5, 0.6) is 0 Å². The Morgan fingerprint density at radius 3 is 1.21 bits per heavy atom. The van der Waals surface area contributed by atoms with Gasteiger partial charge in [-0.25, -0.2) is 15.0 Å². The molecule has 3 nitrogen and oxygen atoms in total. The Balaban J connectivity index is 0.997. The predicted octanol–water partition coefficient (Wildman–Crippen LogP) is 15.8. The van der Waals surface area contributed by atoms with Crippen molar-refractivity contribution in [2.45, 2.75) is 6.92 Å². The molecule has 10 aromatic carbocycles. The zero-order chi connectivity index (χ0) is 42.1. The summed E-state index contributed by atoms with van der Waals surface area (Å²) in [7, 11) is 0. The molecule has 0 radical (unpaired) electrons. The van der Waals surface area contributed by atoms with Crippen LogP contribution in [0.4, 0.5) is 0 Å². The molecule has 1 aromatic heterocycles. The summed E-state index contributed by atoms with van der Waals surface area (Å²) in [5, 5.41) is 4.97. The van der Waals surface area contributed by atoms with Gasteiger partial charge in [-0.1, -0.05) is 194 Å². The summed E-state index contributed by atoms with van der Waals surface area (Å²) in [6, 6.07) is 81.8. The molecular weight excluding hydrogens is 763 g/mol. The fourth-order valence-electron chi connectivity index (χ4n) is 8.77. The van der Waals surface area contributed by atoms with Crippen LogP contribution in [0.1, 0.15) is 5.56 Å². The van der Waals surface area contributed by atoms with Crippen molar-refractivity contribution in [3.8, 4) is 89.8 Å². The molecule has 3 heteroatoms. The van der Waals surface area contributed by atoms with Gasteiger partial charge in [0.05, 0.1) is 0 Å². The maximum absolute atomic E-state index is 5.22.